The largest absolute Gasteiger partial charge is 0.466 e. The topological polar surface area (TPSA) is 47.6 Å². The van der Waals surface area contributed by atoms with Crippen LogP contribution in [0.2, 0.25) is 0 Å². The molecule has 1 atom stereocenters. The Kier molecular flexibility index (Phi) is 2.73. The normalized spacial score (nSPS) is 21.9. The minimum absolute atomic E-state index is 0.190. The van der Waals surface area contributed by atoms with Crippen LogP contribution in [0, 0.1) is 0 Å². The summed E-state index contributed by atoms with van der Waals surface area (Å²) in [5, 5.41) is 3.18. The van der Waals surface area contributed by atoms with E-state index in [9.17, 15) is 4.79 Å². The van der Waals surface area contributed by atoms with Crippen LogP contribution >= 0.6 is 0 Å². The Labute approximate surface area is 94.6 Å². The Morgan fingerprint density at radius 2 is 2.25 bits per heavy atom. The molecule has 0 spiro atoms. The van der Waals surface area contributed by atoms with E-state index in [-0.39, 0.29) is 12.4 Å². The van der Waals surface area contributed by atoms with Crippen LogP contribution in [0.3, 0.4) is 0 Å². The molecule has 1 aliphatic rings. The molecule has 1 aromatic rings. The number of fused-ring (bicyclic) bond motifs is 1. The first-order valence-corrected chi connectivity index (χ1v) is 5.35. The number of rotatable bonds is 3. The van der Waals surface area contributed by atoms with E-state index < -0.39 is 5.72 Å². The average Bonchev–Trinajstić information content (AvgIpc) is 2.53. The lowest BCUT2D eigenvalue weighted by Gasteiger charge is -2.23. The van der Waals surface area contributed by atoms with E-state index in [2.05, 4.69) is 5.32 Å². The third-order valence-electron chi connectivity index (χ3n) is 2.41. The molecular formula is C12H15NO3. The number of carbonyl (C=O) groups is 1. The summed E-state index contributed by atoms with van der Waals surface area (Å²) in [4.78, 5) is 11.4. The van der Waals surface area contributed by atoms with Crippen molar-refractivity contribution in [3.8, 4) is 5.75 Å². The standard InChI is InChI=1S/C12H15NO3/c1-3-15-11(14)8-12(2)13-9-6-4-5-7-10(9)16-12/h4-7,13H,3,8H2,1-2H3. The molecule has 0 fully saturated rings. The van der Waals surface area contributed by atoms with Crippen LogP contribution in [0.1, 0.15) is 20.3 Å². The monoisotopic (exact) mass is 221 g/mol. The lowest BCUT2D eigenvalue weighted by molar-refractivity contribution is -0.146. The zero-order valence-electron chi connectivity index (χ0n) is 9.45. The quantitative estimate of drug-likeness (QED) is 0.794. The first kappa shape index (κ1) is 10.8. The predicted octanol–water partition coefficient (Wildman–Crippen LogP) is 2.16. The summed E-state index contributed by atoms with van der Waals surface area (Å²) in [6.07, 6.45) is 0.190. The minimum atomic E-state index is -0.698. The van der Waals surface area contributed by atoms with E-state index in [1.165, 1.54) is 0 Å². The number of anilines is 1. The van der Waals surface area contributed by atoms with Gasteiger partial charge in [0.2, 0.25) is 0 Å². The van der Waals surface area contributed by atoms with Gasteiger partial charge in [-0.3, -0.25) is 4.79 Å². The summed E-state index contributed by atoms with van der Waals surface area (Å²) < 4.78 is 10.6. The molecule has 1 unspecified atom stereocenters. The molecule has 0 bridgehead atoms. The van der Waals surface area contributed by atoms with E-state index in [1.54, 1.807) is 6.92 Å². The summed E-state index contributed by atoms with van der Waals surface area (Å²) in [6.45, 7) is 4.02. The lowest BCUT2D eigenvalue weighted by atomic mass is 10.2. The fraction of sp³-hybridized carbons (Fsp3) is 0.417. The first-order chi connectivity index (χ1) is 7.63. The van der Waals surface area contributed by atoms with Crippen molar-refractivity contribution in [1.82, 2.24) is 0 Å². The molecule has 1 heterocycles. The molecule has 0 saturated carbocycles. The maximum atomic E-state index is 11.4. The SMILES string of the molecule is CCOC(=O)CC1(C)Nc2ccccc2O1. The summed E-state index contributed by atoms with van der Waals surface area (Å²) in [5.41, 5.74) is 0.213. The first-order valence-electron chi connectivity index (χ1n) is 5.35. The number of benzene rings is 1. The van der Waals surface area contributed by atoms with Gasteiger partial charge in [-0.1, -0.05) is 12.1 Å². The van der Waals surface area contributed by atoms with E-state index in [0.29, 0.717) is 6.61 Å². The lowest BCUT2D eigenvalue weighted by Crippen LogP contribution is -2.39. The Bertz CT molecular complexity index is 378. The van der Waals surface area contributed by atoms with Crippen LogP contribution in [-0.2, 0) is 9.53 Å². The second-order valence-corrected chi connectivity index (χ2v) is 3.94. The average molecular weight is 221 g/mol. The molecule has 0 aliphatic carbocycles. The predicted molar refractivity (Wildman–Crippen MR) is 60.3 cm³/mol. The third-order valence-corrected chi connectivity index (χ3v) is 2.41. The van der Waals surface area contributed by atoms with Crippen molar-refractivity contribution in [2.24, 2.45) is 0 Å². The minimum Gasteiger partial charge on any atom is -0.466 e. The molecule has 4 nitrogen and oxygen atoms in total. The zero-order valence-corrected chi connectivity index (χ0v) is 9.45. The maximum Gasteiger partial charge on any atom is 0.311 e. The van der Waals surface area contributed by atoms with Crippen molar-refractivity contribution < 1.29 is 14.3 Å². The van der Waals surface area contributed by atoms with E-state index in [0.717, 1.165) is 11.4 Å². The van der Waals surface area contributed by atoms with Gasteiger partial charge in [-0.15, -0.1) is 0 Å². The smallest absolute Gasteiger partial charge is 0.311 e. The van der Waals surface area contributed by atoms with Gasteiger partial charge in [0.25, 0.3) is 0 Å². The van der Waals surface area contributed by atoms with E-state index in [4.69, 9.17) is 9.47 Å². The molecule has 0 saturated heterocycles. The molecule has 0 aromatic heterocycles. The molecule has 4 heteroatoms. The van der Waals surface area contributed by atoms with Crippen LogP contribution in [0.5, 0.6) is 5.75 Å². The summed E-state index contributed by atoms with van der Waals surface area (Å²) in [6, 6.07) is 7.62. The molecule has 1 N–H and O–H groups in total. The van der Waals surface area contributed by atoms with Crippen LogP contribution < -0.4 is 10.1 Å². The van der Waals surface area contributed by atoms with Gasteiger partial charge < -0.3 is 14.8 Å². The molecule has 0 amide bonds. The maximum absolute atomic E-state index is 11.4. The molecule has 1 aromatic carbocycles. The number of carbonyl (C=O) groups excluding carboxylic acids is 1. The van der Waals surface area contributed by atoms with Crippen molar-refractivity contribution in [3.63, 3.8) is 0 Å². The highest BCUT2D eigenvalue weighted by molar-refractivity contribution is 5.73. The molecule has 0 radical (unpaired) electrons. The number of esters is 1. The van der Waals surface area contributed by atoms with Gasteiger partial charge in [0, 0.05) is 0 Å². The number of hydrogen-bond donors (Lipinski definition) is 1. The number of nitrogens with one attached hydrogen (secondary N) is 1. The zero-order chi connectivity index (χ0) is 11.6. The van der Waals surface area contributed by atoms with Gasteiger partial charge in [0.05, 0.1) is 12.3 Å². The Balaban J connectivity index is 2.06. The van der Waals surface area contributed by atoms with E-state index in [1.807, 2.05) is 31.2 Å². The number of hydrogen-bond acceptors (Lipinski definition) is 4. The van der Waals surface area contributed by atoms with Gasteiger partial charge in [-0.2, -0.15) is 0 Å². The fourth-order valence-electron chi connectivity index (χ4n) is 1.78. The molecular weight excluding hydrogens is 206 g/mol. The third kappa shape index (κ3) is 2.10. The van der Waals surface area contributed by atoms with Gasteiger partial charge in [-0.25, -0.2) is 0 Å². The van der Waals surface area contributed by atoms with Crippen LogP contribution in [0.4, 0.5) is 5.69 Å². The van der Waals surface area contributed by atoms with Gasteiger partial charge in [0.15, 0.2) is 5.72 Å². The highest BCUT2D eigenvalue weighted by Gasteiger charge is 2.36. The Morgan fingerprint density at radius 1 is 1.50 bits per heavy atom. The van der Waals surface area contributed by atoms with Crippen molar-refractivity contribution in [1.29, 1.82) is 0 Å². The van der Waals surface area contributed by atoms with Gasteiger partial charge >= 0.3 is 5.97 Å². The molecule has 2 rings (SSSR count). The molecule has 86 valence electrons. The highest BCUT2D eigenvalue weighted by atomic mass is 16.5. The summed E-state index contributed by atoms with van der Waals surface area (Å²) in [5.74, 6) is 0.514. The highest BCUT2D eigenvalue weighted by Crippen LogP contribution is 2.37. The van der Waals surface area contributed by atoms with Crippen LogP contribution in [-0.4, -0.2) is 18.3 Å². The van der Waals surface area contributed by atoms with E-state index >= 15 is 0 Å². The second kappa shape index (κ2) is 4.04. The summed E-state index contributed by atoms with van der Waals surface area (Å²) >= 11 is 0. The van der Waals surface area contributed by atoms with Crippen molar-refractivity contribution in [2.45, 2.75) is 26.0 Å². The van der Waals surface area contributed by atoms with Crippen molar-refractivity contribution in [3.05, 3.63) is 24.3 Å². The van der Waals surface area contributed by atoms with Crippen molar-refractivity contribution in [2.75, 3.05) is 11.9 Å². The van der Waals surface area contributed by atoms with Crippen molar-refractivity contribution >= 4 is 11.7 Å². The fourth-order valence-corrected chi connectivity index (χ4v) is 1.78. The molecule has 16 heavy (non-hydrogen) atoms. The number of para-hydroxylation sites is 2. The Hall–Kier alpha value is -1.71. The van der Waals surface area contributed by atoms with Gasteiger partial charge in [0.1, 0.15) is 12.2 Å². The second-order valence-electron chi connectivity index (χ2n) is 3.94. The van der Waals surface area contributed by atoms with Crippen LogP contribution in [0.15, 0.2) is 24.3 Å². The summed E-state index contributed by atoms with van der Waals surface area (Å²) in [7, 11) is 0. The van der Waals surface area contributed by atoms with Crippen LogP contribution in [0.25, 0.3) is 0 Å². The number of ether oxygens (including phenoxy) is 2. The Morgan fingerprint density at radius 3 is 2.94 bits per heavy atom. The van der Waals surface area contributed by atoms with Gasteiger partial charge in [-0.05, 0) is 26.0 Å². The molecule has 1 aliphatic heterocycles.